The van der Waals surface area contributed by atoms with Crippen molar-refractivity contribution in [3.63, 3.8) is 0 Å². The third-order valence-electron chi connectivity index (χ3n) is 13.8. The fourth-order valence-corrected chi connectivity index (χ4v) is 9.03. The van der Waals surface area contributed by atoms with Crippen molar-refractivity contribution >= 4 is 35.4 Å². The Morgan fingerprint density at radius 2 is 1.09 bits per heavy atom. The number of ketones is 1. The molecule has 4 amide bonds. The van der Waals surface area contributed by atoms with E-state index in [1.807, 2.05) is 0 Å². The Kier molecular flexibility index (Phi) is 28.2. The second-order valence-electron chi connectivity index (χ2n) is 19.7. The van der Waals surface area contributed by atoms with Crippen LogP contribution in [0.2, 0.25) is 0 Å². The average molecular weight is 1150 g/mol. The molecule has 5 rings (SSSR count). The molecule has 32 heteroatoms. The first-order valence-corrected chi connectivity index (χ1v) is 26.1. The fraction of sp³-hybridized carbons (Fsp3) is 0.872. The highest BCUT2D eigenvalue weighted by Gasteiger charge is 2.52. The predicted octanol–water partition coefficient (Wildman–Crippen LogP) is -7.47. The van der Waals surface area contributed by atoms with Gasteiger partial charge in [-0.25, -0.2) is 4.79 Å². The van der Waals surface area contributed by atoms with Gasteiger partial charge in [0.05, 0.1) is 39.1 Å². The number of carbonyl (C=O) groups excluding carboxylic acids is 6. The Morgan fingerprint density at radius 1 is 0.570 bits per heavy atom. The molecule has 18 N–H and O–H groups in total. The van der Waals surface area contributed by atoms with Crippen LogP contribution >= 0.6 is 0 Å². The molecule has 456 valence electrons. The number of carbonyl (C=O) groups is 6. The number of nitrogens with zero attached hydrogens (tertiary/aromatic N) is 1. The van der Waals surface area contributed by atoms with Crippen molar-refractivity contribution in [2.24, 2.45) is 0 Å². The zero-order valence-electron chi connectivity index (χ0n) is 43.7. The topological polar surface area (TPSA) is 511 Å². The number of hydrogen-bond acceptors (Lipinski definition) is 29. The fourth-order valence-electron chi connectivity index (χ4n) is 9.03. The second-order valence-corrected chi connectivity index (χ2v) is 19.7. The van der Waals surface area contributed by atoms with Crippen LogP contribution in [0.4, 0.5) is 0 Å². The van der Waals surface area contributed by atoms with Crippen molar-refractivity contribution in [1.29, 1.82) is 0 Å². The van der Waals surface area contributed by atoms with E-state index in [0.29, 0.717) is 17.9 Å². The van der Waals surface area contributed by atoms with E-state index in [9.17, 15) is 95.2 Å². The number of aliphatic hydroxyl groups excluding tert-OH is 13. The smallest absolute Gasteiger partial charge is 0.333 e. The summed E-state index contributed by atoms with van der Waals surface area (Å²) in [6, 6.07) is -1.16. The summed E-state index contributed by atoms with van der Waals surface area (Å²) < 4.78 is 44.4. The van der Waals surface area contributed by atoms with Gasteiger partial charge in [-0.2, -0.15) is 0 Å². The van der Waals surface area contributed by atoms with Gasteiger partial charge in [0.15, 0.2) is 25.2 Å². The van der Waals surface area contributed by atoms with Crippen molar-refractivity contribution in [3.05, 3.63) is 0 Å². The highest BCUT2D eigenvalue weighted by molar-refractivity contribution is 6.01. The lowest BCUT2D eigenvalue weighted by Gasteiger charge is -2.46. The molecule has 5 aliphatic heterocycles. The molecule has 0 aromatic rings. The lowest BCUT2D eigenvalue weighted by molar-refractivity contribution is -0.366. The molecule has 5 aliphatic rings. The Bertz CT molecular complexity index is 1910. The summed E-state index contributed by atoms with van der Waals surface area (Å²) >= 11 is 0. The average Bonchev–Trinajstić information content (AvgIpc) is 3.74. The zero-order chi connectivity index (χ0) is 57.4. The van der Waals surface area contributed by atoms with Crippen molar-refractivity contribution < 1.29 is 138 Å². The van der Waals surface area contributed by atoms with Crippen LogP contribution < -0.4 is 16.8 Å². The maximum Gasteiger partial charge on any atom is 0.333 e. The summed E-state index contributed by atoms with van der Waals surface area (Å²) in [5.41, 5.74) is 0. The van der Waals surface area contributed by atoms with Crippen LogP contribution in [0, 0.1) is 0 Å². The van der Waals surface area contributed by atoms with E-state index in [1.54, 1.807) is 0 Å². The molecule has 0 aromatic carbocycles. The molecule has 79 heavy (non-hydrogen) atoms. The summed E-state index contributed by atoms with van der Waals surface area (Å²) in [4.78, 5) is 80.2. The molecule has 0 unspecified atom stereocenters. The SMILES string of the molecule is C[C@@H]1O[C@@H](OCCCC(=O)CCCCC(=O)N[C@@H](CCCCCC(=O)ON2C(=O)CCC2=O)C(=O)NCCO[C@H]2O[C@H](CO[C@H]3O[C@H](CO)[C@@H](O)[C@H](O)[C@@H]3O)[C@@H](O)[C@H](O[C@H]3O[C@H](CO)[C@@H](O)[C@H](O)[C@@H]3O)[C@@H]2O)[C@@H](O)[C@H](O)[C@@H]1O.N. The van der Waals surface area contributed by atoms with Gasteiger partial charge in [0, 0.05) is 45.1 Å². The van der Waals surface area contributed by atoms with Crippen molar-refractivity contribution in [1.82, 2.24) is 21.8 Å². The number of aliphatic hydroxyl groups is 13. The minimum Gasteiger partial charge on any atom is -0.394 e. The number of Topliss-reactive ketones (excluding diaryl/α,β-unsaturated/α-hetero) is 1. The number of hydroxylamine groups is 2. The first-order chi connectivity index (χ1) is 37.1. The van der Waals surface area contributed by atoms with E-state index >= 15 is 0 Å². The maximum atomic E-state index is 13.6. The molecule has 21 atom stereocenters. The number of nitrogens with one attached hydrogen (secondary N) is 2. The largest absolute Gasteiger partial charge is 0.394 e. The number of imide groups is 1. The van der Waals surface area contributed by atoms with E-state index in [4.69, 9.17) is 42.7 Å². The van der Waals surface area contributed by atoms with Crippen LogP contribution in [0.5, 0.6) is 0 Å². The monoisotopic (exact) mass is 1150 g/mol. The first-order valence-electron chi connectivity index (χ1n) is 26.1. The van der Waals surface area contributed by atoms with Gasteiger partial charge < -0.3 is 126 Å². The normalized spacial score (nSPS) is 36.3. The maximum absolute atomic E-state index is 13.6. The number of ether oxygens (including phenoxy) is 8. The summed E-state index contributed by atoms with van der Waals surface area (Å²) in [6.45, 7) is -1.59. The van der Waals surface area contributed by atoms with Crippen LogP contribution in [0.1, 0.15) is 90.4 Å². The van der Waals surface area contributed by atoms with Gasteiger partial charge in [0.1, 0.15) is 103 Å². The van der Waals surface area contributed by atoms with Gasteiger partial charge in [-0.1, -0.05) is 12.8 Å². The van der Waals surface area contributed by atoms with Gasteiger partial charge in [0.25, 0.3) is 11.8 Å². The standard InChI is InChI=1S/C47H77N3O28.H3N/c1-21-31(58)35(62)38(65)44(73-21)70-16-7-9-22(53)8-5-6-11-27(54)49-23(10-3-2-4-12-30(57)78-50-28(55)13-14-29(50)56)43(69)48-15-17-71-46-41(68)42(77-47-40(67)37(64)33(60)25(19-52)75-47)34(61)26(76-46)20-72-45-39(66)36(63)32(59)24(18-51)74-45;/h21,23-26,31-42,44-47,51-52,58-68H,2-20H2,1H3,(H,48,69)(H,49,54);1H3/t21-,23-,24+,25+,26+,31+,32+,33+,34+,35+,36-,37-,38-,39-,40-,41-,42-,44+,45-,46-,47+;/m0./s1. The molecule has 0 aromatic heterocycles. The Labute approximate surface area is 453 Å². The predicted molar refractivity (Wildman–Crippen MR) is 256 cm³/mol. The van der Waals surface area contributed by atoms with Crippen molar-refractivity contribution in [2.75, 3.05) is 39.6 Å². The van der Waals surface area contributed by atoms with Gasteiger partial charge in [0.2, 0.25) is 11.8 Å². The third-order valence-corrected chi connectivity index (χ3v) is 13.8. The summed E-state index contributed by atoms with van der Waals surface area (Å²) in [6.07, 6.45) is -31.3. The van der Waals surface area contributed by atoms with E-state index in [-0.39, 0.29) is 95.7 Å². The molecule has 32 nitrogen and oxygen atoms in total. The highest BCUT2D eigenvalue weighted by atomic mass is 16.8. The molecule has 0 spiro atoms. The van der Waals surface area contributed by atoms with E-state index in [1.165, 1.54) is 6.92 Å². The number of amides is 4. The molecular weight excluding hydrogens is 1070 g/mol. The minimum absolute atomic E-state index is 0. The molecule has 5 fully saturated rings. The molecule has 0 aliphatic carbocycles. The summed E-state index contributed by atoms with van der Waals surface area (Å²) in [7, 11) is 0. The molecule has 5 heterocycles. The van der Waals surface area contributed by atoms with Crippen molar-refractivity contribution in [3.8, 4) is 0 Å². The van der Waals surface area contributed by atoms with Crippen LogP contribution in [0.25, 0.3) is 0 Å². The molecule has 0 bridgehead atoms. The number of hydrogen-bond donors (Lipinski definition) is 16. The number of rotatable bonds is 30. The van der Waals surface area contributed by atoms with E-state index < -0.39 is 185 Å². The van der Waals surface area contributed by atoms with E-state index in [0.717, 1.165) is 0 Å². The van der Waals surface area contributed by atoms with Gasteiger partial charge in [-0.05, 0) is 39.0 Å². The van der Waals surface area contributed by atoms with Gasteiger partial charge in [-0.15, -0.1) is 5.06 Å². The van der Waals surface area contributed by atoms with Crippen LogP contribution in [-0.4, -0.2) is 275 Å². The Hall–Kier alpha value is -3.66. The Balaban J connectivity index is 0.0000134. The van der Waals surface area contributed by atoms with Crippen molar-refractivity contribution in [2.45, 2.75) is 219 Å². The van der Waals surface area contributed by atoms with Crippen LogP contribution in [-0.2, 0) is 71.5 Å². The lowest BCUT2D eigenvalue weighted by Crippen LogP contribution is -2.65. The van der Waals surface area contributed by atoms with E-state index in [2.05, 4.69) is 10.6 Å². The second kappa shape index (κ2) is 32.8. The van der Waals surface area contributed by atoms with Crippen LogP contribution in [0.3, 0.4) is 0 Å². The quantitative estimate of drug-likeness (QED) is 0.0235. The highest BCUT2D eigenvalue weighted by Crippen LogP contribution is 2.31. The minimum atomic E-state index is -1.99. The third kappa shape index (κ3) is 18.9. The van der Waals surface area contributed by atoms with Crippen LogP contribution in [0.15, 0.2) is 0 Å². The molecule has 5 saturated heterocycles. The first kappa shape index (κ1) is 67.8. The summed E-state index contributed by atoms with van der Waals surface area (Å²) in [5, 5.41) is 140. The summed E-state index contributed by atoms with van der Waals surface area (Å²) in [5.74, 6) is -3.47. The molecular formula is C47H80N4O28. The Morgan fingerprint density at radius 3 is 1.72 bits per heavy atom. The number of unbranched alkanes of at least 4 members (excludes halogenated alkanes) is 3. The molecule has 0 radical (unpaired) electrons. The molecule has 0 saturated carbocycles. The zero-order valence-corrected chi connectivity index (χ0v) is 43.7. The van der Waals surface area contributed by atoms with Gasteiger partial charge in [-0.3, -0.25) is 24.0 Å². The lowest BCUT2D eigenvalue weighted by atomic mass is 9.96. The van der Waals surface area contributed by atoms with Gasteiger partial charge >= 0.3 is 5.97 Å².